The molecular weight excluding hydrogens is 381 g/mol. The minimum Gasteiger partial charge on any atom is -0.294 e. The molecular formula is C21H15ClFN3O2. The first-order chi connectivity index (χ1) is 13.5. The Labute approximate surface area is 165 Å². The number of hydrogen-bond donors (Lipinski definition) is 1. The van der Waals surface area contributed by atoms with Gasteiger partial charge in [-0.1, -0.05) is 23.7 Å². The molecule has 4 rings (SSSR count). The van der Waals surface area contributed by atoms with Crippen LogP contribution in [0.1, 0.15) is 44.3 Å². The molecule has 1 aliphatic carbocycles. The molecule has 0 spiro atoms. The maximum atomic E-state index is 13.0. The van der Waals surface area contributed by atoms with E-state index >= 15 is 0 Å². The van der Waals surface area contributed by atoms with Crippen LogP contribution in [-0.2, 0) is 6.42 Å². The average molecular weight is 396 g/mol. The second kappa shape index (κ2) is 7.48. The number of fused-ring (bicyclic) bond motifs is 1. The highest BCUT2D eigenvalue weighted by atomic mass is 35.5. The number of halogens is 2. The summed E-state index contributed by atoms with van der Waals surface area (Å²) in [5.41, 5.74) is 2.38. The van der Waals surface area contributed by atoms with Crippen molar-refractivity contribution in [3.8, 4) is 0 Å². The Balaban J connectivity index is 1.56. The Hall–Kier alpha value is -3.12. The van der Waals surface area contributed by atoms with E-state index in [-0.39, 0.29) is 23.2 Å². The van der Waals surface area contributed by atoms with Crippen molar-refractivity contribution in [2.24, 2.45) is 0 Å². The summed E-state index contributed by atoms with van der Waals surface area (Å²) in [5, 5.41) is 3.23. The van der Waals surface area contributed by atoms with Gasteiger partial charge in [-0.2, -0.15) is 0 Å². The third kappa shape index (κ3) is 3.77. The maximum Gasteiger partial charge on any atom is 0.258 e. The summed E-state index contributed by atoms with van der Waals surface area (Å²) in [4.78, 5) is 33.2. The van der Waals surface area contributed by atoms with E-state index in [1.165, 1.54) is 30.5 Å². The molecule has 1 aliphatic rings. The van der Waals surface area contributed by atoms with E-state index in [0.29, 0.717) is 29.1 Å². The van der Waals surface area contributed by atoms with Crippen LogP contribution in [0.15, 0.2) is 54.7 Å². The van der Waals surface area contributed by atoms with Crippen molar-refractivity contribution in [2.75, 3.05) is 5.32 Å². The van der Waals surface area contributed by atoms with Gasteiger partial charge in [0.1, 0.15) is 5.82 Å². The minimum absolute atomic E-state index is 0.00665. The van der Waals surface area contributed by atoms with Crippen molar-refractivity contribution in [1.82, 2.24) is 9.97 Å². The highest BCUT2D eigenvalue weighted by molar-refractivity contribution is 6.30. The normalized spacial score (nSPS) is 15.8. The van der Waals surface area contributed by atoms with Gasteiger partial charge in [0.2, 0.25) is 5.95 Å². The quantitative estimate of drug-likeness (QED) is 0.711. The third-order valence-corrected chi connectivity index (χ3v) is 4.96. The van der Waals surface area contributed by atoms with Crippen LogP contribution in [0, 0.1) is 5.82 Å². The monoisotopic (exact) mass is 395 g/mol. The number of rotatable bonds is 3. The third-order valence-electron chi connectivity index (χ3n) is 4.71. The maximum absolute atomic E-state index is 13.0. The van der Waals surface area contributed by atoms with Gasteiger partial charge in [0.25, 0.3) is 5.91 Å². The van der Waals surface area contributed by atoms with Gasteiger partial charge in [-0.3, -0.25) is 14.9 Å². The number of aromatic nitrogens is 2. The number of ketones is 1. The molecule has 28 heavy (non-hydrogen) atoms. The smallest absolute Gasteiger partial charge is 0.258 e. The van der Waals surface area contributed by atoms with Crippen molar-refractivity contribution in [1.29, 1.82) is 0 Å². The summed E-state index contributed by atoms with van der Waals surface area (Å²) in [6.07, 6.45) is 2.38. The fraction of sp³-hybridized carbons (Fsp3) is 0.143. The van der Waals surface area contributed by atoms with E-state index in [1.807, 2.05) is 12.1 Å². The summed E-state index contributed by atoms with van der Waals surface area (Å²) in [6.45, 7) is 0. The van der Waals surface area contributed by atoms with Crippen molar-refractivity contribution < 1.29 is 14.0 Å². The van der Waals surface area contributed by atoms with E-state index in [0.717, 1.165) is 5.56 Å². The lowest BCUT2D eigenvalue weighted by Crippen LogP contribution is -2.22. The predicted octanol–water partition coefficient (Wildman–Crippen LogP) is 4.43. The Bertz CT molecular complexity index is 1050. The van der Waals surface area contributed by atoms with Crippen molar-refractivity contribution in [3.63, 3.8) is 0 Å². The summed E-state index contributed by atoms with van der Waals surface area (Å²) >= 11 is 5.94. The van der Waals surface area contributed by atoms with Gasteiger partial charge in [-0.05, 0) is 54.3 Å². The highest BCUT2D eigenvalue weighted by Gasteiger charge is 2.28. The molecule has 140 valence electrons. The number of hydrogen-bond acceptors (Lipinski definition) is 4. The van der Waals surface area contributed by atoms with E-state index in [2.05, 4.69) is 15.3 Å². The molecule has 0 unspecified atom stereocenters. The van der Waals surface area contributed by atoms with E-state index in [1.54, 1.807) is 12.1 Å². The second-order valence-corrected chi connectivity index (χ2v) is 7.03. The zero-order chi connectivity index (χ0) is 19.7. The molecule has 3 aromatic rings. The first-order valence-electron chi connectivity index (χ1n) is 8.71. The molecule has 1 atom stereocenters. The fourth-order valence-electron chi connectivity index (χ4n) is 3.25. The number of anilines is 1. The van der Waals surface area contributed by atoms with Crippen LogP contribution in [0.3, 0.4) is 0 Å². The summed E-state index contributed by atoms with van der Waals surface area (Å²) in [5.74, 6) is -0.798. The first kappa shape index (κ1) is 18.3. The number of Topliss-reactive ketones (excluding diaryl/α,β-unsaturated/α-hetero) is 1. The molecule has 1 N–H and O–H groups in total. The SMILES string of the molecule is O=C(Nc1ncc2c(n1)C[C@H](c1ccc(Cl)cc1)CC2=O)c1ccc(F)cc1. The van der Waals surface area contributed by atoms with Crippen LogP contribution in [0.25, 0.3) is 0 Å². The molecule has 0 saturated carbocycles. The standard InChI is InChI=1S/C21H15ClFN3O2/c22-15-5-1-12(2-6-15)14-9-18-17(19(27)10-14)11-24-21(25-18)26-20(28)13-3-7-16(23)8-4-13/h1-8,11,14H,9-10H2,(H,24,25,26,28)/t14-/m0/s1. The number of nitrogens with zero attached hydrogens (tertiary/aromatic N) is 2. The van der Waals surface area contributed by atoms with Gasteiger partial charge in [0, 0.05) is 23.2 Å². The number of nitrogens with one attached hydrogen (secondary N) is 1. The molecule has 7 heteroatoms. The Morgan fingerprint density at radius 3 is 2.50 bits per heavy atom. The van der Waals surface area contributed by atoms with Crippen LogP contribution in [0.2, 0.25) is 5.02 Å². The van der Waals surface area contributed by atoms with E-state index < -0.39 is 11.7 Å². The Morgan fingerprint density at radius 1 is 1.07 bits per heavy atom. The zero-order valence-corrected chi connectivity index (χ0v) is 15.4. The number of amides is 1. The molecule has 0 radical (unpaired) electrons. The molecule has 1 heterocycles. The fourth-order valence-corrected chi connectivity index (χ4v) is 3.38. The average Bonchev–Trinajstić information content (AvgIpc) is 2.68. The Kier molecular flexibility index (Phi) is 4.88. The largest absolute Gasteiger partial charge is 0.294 e. The lowest BCUT2D eigenvalue weighted by molar-refractivity contribution is 0.0962. The lowest BCUT2D eigenvalue weighted by Gasteiger charge is -2.23. The van der Waals surface area contributed by atoms with Gasteiger partial charge >= 0.3 is 0 Å². The van der Waals surface area contributed by atoms with Gasteiger partial charge in [0.15, 0.2) is 5.78 Å². The molecule has 0 bridgehead atoms. The summed E-state index contributed by atoms with van der Waals surface area (Å²) in [7, 11) is 0. The molecule has 1 amide bonds. The Morgan fingerprint density at radius 2 is 1.79 bits per heavy atom. The molecule has 1 aromatic heterocycles. The summed E-state index contributed by atoms with van der Waals surface area (Å²) in [6, 6.07) is 12.6. The van der Waals surface area contributed by atoms with Gasteiger partial charge < -0.3 is 0 Å². The number of carbonyl (C=O) groups excluding carboxylic acids is 2. The van der Waals surface area contributed by atoms with Gasteiger partial charge in [-0.25, -0.2) is 14.4 Å². The molecule has 0 saturated heterocycles. The molecule has 0 fully saturated rings. The van der Waals surface area contributed by atoms with Crippen LogP contribution in [0.5, 0.6) is 0 Å². The van der Waals surface area contributed by atoms with Crippen LogP contribution in [-0.4, -0.2) is 21.7 Å². The first-order valence-corrected chi connectivity index (χ1v) is 9.09. The number of carbonyl (C=O) groups is 2. The number of benzene rings is 2. The minimum atomic E-state index is -0.448. The van der Waals surface area contributed by atoms with E-state index in [9.17, 15) is 14.0 Å². The molecule has 2 aromatic carbocycles. The van der Waals surface area contributed by atoms with Crippen LogP contribution < -0.4 is 5.32 Å². The second-order valence-electron chi connectivity index (χ2n) is 6.59. The van der Waals surface area contributed by atoms with Crippen LogP contribution >= 0.6 is 11.6 Å². The van der Waals surface area contributed by atoms with Gasteiger partial charge in [-0.15, -0.1) is 0 Å². The van der Waals surface area contributed by atoms with Gasteiger partial charge in [0.05, 0.1) is 11.3 Å². The molecule has 5 nitrogen and oxygen atoms in total. The predicted molar refractivity (Wildman–Crippen MR) is 103 cm³/mol. The highest BCUT2D eigenvalue weighted by Crippen LogP contribution is 2.32. The van der Waals surface area contributed by atoms with Crippen LogP contribution in [0.4, 0.5) is 10.3 Å². The molecule has 0 aliphatic heterocycles. The zero-order valence-electron chi connectivity index (χ0n) is 14.7. The topological polar surface area (TPSA) is 72.0 Å². The van der Waals surface area contributed by atoms with Crippen molar-refractivity contribution >= 4 is 29.2 Å². The van der Waals surface area contributed by atoms with Crippen molar-refractivity contribution in [2.45, 2.75) is 18.8 Å². The lowest BCUT2D eigenvalue weighted by atomic mass is 9.82. The van der Waals surface area contributed by atoms with Crippen molar-refractivity contribution in [3.05, 3.63) is 88.0 Å². The van der Waals surface area contributed by atoms with E-state index in [4.69, 9.17) is 11.6 Å². The summed E-state index contributed by atoms with van der Waals surface area (Å²) < 4.78 is 13.0.